The predicted molar refractivity (Wildman–Crippen MR) is 80.6 cm³/mol. The lowest BCUT2D eigenvalue weighted by atomic mass is 10.0. The highest BCUT2D eigenvalue weighted by Crippen LogP contribution is 2.33. The molecule has 114 valence electrons. The molecular formula is C15H16N4O3. The topological polar surface area (TPSA) is 85.3 Å². The van der Waals surface area contributed by atoms with Crippen molar-refractivity contribution in [2.24, 2.45) is 0 Å². The summed E-state index contributed by atoms with van der Waals surface area (Å²) in [5.74, 6) is -0.248. The van der Waals surface area contributed by atoms with Crippen molar-refractivity contribution < 1.29 is 14.3 Å². The van der Waals surface area contributed by atoms with Crippen LogP contribution in [-0.2, 0) is 16.1 Å². The van der Waals surface area contributed by atoms with E-state index in [9.17, 15) is 9.59 Å². The fourth-order valence-electron chi connectivity index (χ4n) is 2.16. The molecule has 2 heterocycles. The molecule has 1 aliphatic heterocycles. The Morgan fingerprint density at radius 3 is 2.91 bits per heavy atom. The minimum atomic E-state index is -1.65. The van der Waals surface area contributed by atoms with Crippen molar-refractivity contribution in [1.82, 2.24) is 9.78 Å². The molecule has 0 fully saturated rings. The number of aryl methyl sites for hydroxylation is 1. The third-order valence-corrected chi connectivity index (χ3v) is 3.52. The monoisotopic (exact) mass is 300 g/mol. The van der Waals surface area contributed by atoms with Crippen LogP contribution in [0.3, 0.4) is 0 Å². The zero-order valence-corrected chi connectivity index (χ0v) is 12.3. The fourth-order valence-corrected chi connectivity index (χ4v) is 2.16. The first kappa shape index (κ1) is 14.1. The van der Waals surface area contributed by atoms with Crippen LogP contribution < -0.4 is 15.4 Å². The van der Waals surface area contributed by atoms with Gasteiger partial charge in [0.25, 0.3) is 17.4 Å². The van der Waals surface area contributed by atoms with E-state index >= 15 is 0 Å². The Balaban J connectivity index is 1.83. The highest BCUT2D eigenvalue weighted by Gasteiger charge is 2.47. The maximum atomic E-state index is 12.5. The number of benzene rings is 1. The number of hydrogen-bond acceptors (Lipinski definition) is 4. The van der Waals surface area contributed by atoms with Gasteiger partial charge in [-0.2, -0.15) is 5.10 Å². The Labute approximate surface area is 127 Å². The minimum absolute atomic E-state index is 0.378. The molecule has 0 spiro atoms. The molecule has 0 bridgehead atoms. The molecule has 22 heavy (non-hydrogen) atoms. The van der Waals surface area contributed by atoms with E-state index in [0.717, 1.165) is 0 Å². The van der Waals surface area contributed by atoms with Gasteiger partial charge in [-0.15, -0.1) is 0 Å². The van der Waals surface area contributed by atoms with Crippen LogP contribution in [0, 0.1) is 0 Å². The summed E-state index contributed by atoms with van der Waals surface area (Å²) in [6.45, 7) is 4.07. The number of carbonyl (C=O) groups is 2. The molecule has 0 unspecified atom stereocenters. The molecule has 2 amide bonds. The van der Waals surface area contributed by atoms with E-state index in [4.69, 9.17) is 4.74 Å². The van der Waals surface area contributed by atoms with E-state index in [1.54, 1.807) is 41.2 Å². The number of nitrogens with one attached hydrogen (secondary N) is 2. The van der Waals surface area contributed by atoms with Crippen molar-refractivity contribution in [3.05, 3.63) is 36.5 Å². The largest absolute Gasteiger partial charge is 0.466 e. The SMILES string of the molecule is CCn1ccc(NC(=O)[C@@]2(C)Oc3ccccc3NC2=O)n1. The zero-order chi connectivity index (χ0) is 15.7. The molecule has 1 aliphatic rings. The Bertz CT molecular complexity index is 740. The Hall–Kier alpha value is -2.83. The Kier molecular flexibility index (Phi) is 3.32. The normalized spacial score (nSPS) is 19.8. The number of nitrogens with zero attached hydrogens (tertiary/aromatic N) is 2. The van der Waals surface area contributed by atoms with Gasteiger partial charge in [0, 0.05) is 18.8 Å². The molecule has 2 aromatic rings. The van der Waals surface area contributed by atoms with Crippen molar-refractivity contribution in [3.8, 4) is 5.75 Å². The lowest BCUT2D eigenvalue weighted by Gasteiger charge is -2.32. The highest BCUT2D eigenvalue weighted by atomic mass is 16.5. The van der Waals surface area contributed by atoms with Gasteiger partial charge in [0.15, 0.2) is 5.82 Å². The van der Waals surface area contributed by atoms with Crippen LogP contribution in [0.25, 0.3) is 0 Å². The average Bonchev–Trinajstić information content (AvgIpc) is 2.96. The van der Waals surface area contributed by atoms with Crippen LogP contribution in [0.4, 0.5) is 11.5 Å². The first-order valence-electron chi connectivity index (χ1n) is 6.97. The third-order valence-electron chi connectivity index (χ3n) is 3.52. The number of rotatable bonds is 3. The highest BCUT2D eigenvalue weighted by molar-refractivity contribution is 6.18. The number of amides is 2. The van der Waals surface area contributed by atoms with Gasteiger partial charge in [0.05, 0.1) is 5.69 Å². The van der Waals surface area contributed by atoms with E-state index in [1.165, 1.54) is 6.92 Å². The van der Waals surface area contributed by atoms with Crippen LogP contribution in [0.1, 0.15) is 13.8 Å². The number of carbonyl (C=O) groups excluding carboxylic acids is 2. The summed E-state index contributed by atoms with van der Waals surface area (Å²) in [5, 5.41) is 9.46. The number of anilines is 2. The molecule has 0 radical (unpaired) electrons. The minimum Gasteiger partial charge on any atom is -0.466 e. The second-order valence-electron chi connectivity index (χ2n) is 5.10. The lowest BCUT2D eigenvalue weighted by molar-refractivity contribution is -0.143. The maximum absolute atomic E-state index is 12.5. The summed E-state index contributed by atoms with van der Waals surface area (Å²) in [6, 6.07) is 8.64. The van der Waals surface area contributed by atoms with Gasteiger partial charge in [-0.25, -0.2) is 0 Å². The van der Waals surface area contributed by atoms with Crippen LogP contribution in [0.15, 0.2) is 36.5 Å². The predicted octanol–water partition coefficient (Wildman–Crippen LogP) is 1.63. The van der Waals surface area contributed by atoms with E-state index < -0.39 is 17.4 Å². The molecule has 3 rings (SSSR count). The molecular weight excluding hydrogens is 284 g/mol. The molecule has 0 saturated carbocycles. The summed E-state index contributed by atoms with van der Waals surface area (Å²) in [7, 11) is 0. The van der Waals surface area contributed by atoms with Crippen LogP contribution in [0.2, 0.25) is 0 Å². The van der Waals surface area contributed by atoms with E-state index in [0.29, 0.717) is 23.8 Å². The summed E-state index contributed by atoms with van der Waals surface area (Å²) in [4.78, 5) is 24.7. The zero-order valence-electron chi connectivity index (χ0n) is 12.3. The lowest BCUT2D eigenvalue weighted by Crippen LogP contribution is -2.56. The van der Waals surface area contributed by atoms with Gasteiger partial charge in [-0.3, -0.25) is 14.3 Å². The number of aromatic nitrogens is 2. The van der Waals surface area contributed by atoms with Crippen LogP contribution in [-0.4, -0.2) is 27.2 Å². The Morgan fingerprint density at radius 2 is 2.18 bits per heavy atom. The molecule has 1 aromatic heterocycles. The van der Waals surface area contributed by atoms with Gasteiger partial charge in [0.1, 0.15) is 5.75 Å². The van der Waals surface area contributed by atoms with E-state index in [2.05, 4.69) is 15.7 Å². The Morgan fingerprint density at radius 1 is 1.41 bits per heavy atom. The molecule has 1 aromatic carbocycles. The summed E-state index contributed by atoms with van der Waals surface area (Å²) in [6.07, 6.45) is 1.75. The summed E-state index contributed by atoms with van der Waals surface area (Å²) in [5.41, 5.74) is -1.10. The standard InChI is InChI=1S/C15H16N4O3/c1-3-19-9-8-12(18-19)17-14(21)15(2)13(20)16-10-6-4-5-7-11(10)22-15/h4-9H,3H2,1-2H3,(H,16,20)(H,17,18,21)/t15-/m0/s1. The summed E-state index contributed by atoms with van der Waals surface area (Å²) < 4.78 is 7.32. The van der Waals surface area contributed by atoms with Gasteiger partial charge in [-0.1, -0.05) is 12.1 Å². The second kappa shape index (κ2) is 5.18. The smallest absolute Gasteiger partial charge is 0.279 e. The van der Waals surface area contributed by atoms with Gasteiger partial charge < -0.3 is 15.4 Å². The van der Waals surface area contributed by atoms with E-state index in [-0.39, 0.29) is 0 Å². The molecule has 0 aliphatic carbocycles. The van der Waals surface area contributed by atoms with Crippen LogP contribution in [0.5, 0.6) is 5.75 Å². The maximum Gasteiger partial charge on any atom is 0.279 e. The molecule has 0 saturated heterocycles. The van der Waals surface area contributed by atoms with Crippen molar-refractivity contribution in [2.75, 3.05) is 10.6 Å². The summed E-state index contributed by atoms with van der Waals surface area (Å²) >= 11 is 0. The first-order chi connectivity index (χ1) is 10.5. The molecule has 2 N–H and O–H groups in total. The first-order valence-corrected chi connectivity index (χ1v) is 6.97. The molecule has 7 heteroatoms. The van der Waals surface area contributed by atoms with Gasteiger partial charge in [-0.05, 0) is 26.0 Å². The van der Waals surface area contributed by atoms with Gasteiger partial charge >= 0.3 is 0 Å². The number of para-hydroxylation sites is 2. The second-order valence-corrected chi connectivity index (χ2v) is 5.10. The van der Waals surface area contributed by atoms with Gasteiger partial charge in [0.2, 0.25) is 0 Å². The quantitative estimate of drug-likeness (QED) is 0.844. The number of ether oxygens (including phenoxy) is 1. The molecule has 7 nitrogen and oxygen atoms in total. The van der Waals surface area contributed by atoms with Crippen LogP contribution >= 0.6 is 0 Å². The van der Waals surface area contributed by atoms with Crippen molar-refractivity contribution in [3.63, 3.8) is 0 Å². The van der Waals surface area contributed by atoms with E-state index in [1.807, 2.05) is 6.92 Å². The van der Waals surface area contributed by atoms with Crippen molar-refractivity contribution in [2.45, 2.75) is 26.0 Å². The number of hydrogen-bond donors (Lipinski definition) is 2. The average molecular weight is 300 g/mol. The van der Waals surface area contributed by atoms with Crippen molar-refractivity contribution in [1.29, 1.82) is 0 Å². The molecule has 1 atom stereocenters. The fraction of sp³-hybridized carbons (Fsp3) is 0.267. The number of fused-ring (bicyclic) bond motifs is 1. The third kappa shape index (κ3) is 2.30. The van der Waals surface area contributed by atoms with Crippen molar-refractivity contribution >= 4 is 23.3 Å².